The Bertz CT molecular complexity index is 584. The van der Waals surface area contributed by atoms with Gasteiger partial charge < -0.3 is 19.5 Å². The average Bonchev–Trinajstić information content (AvgIpc) is 2.53. The van der Waals surface area contributed by atoms with Crippen molar-refractivity contribution in [1.29, 1.82) is 0 Å². The Morgan fingerprint density at radius 1 is 1.33 bits per heavy atom. The molecule has 6 nitrogen and oxygen atoms in total. The maximum absolute atomic E-state index is 12.7. The molecule has 0 spiro atoms. The van der Waals surface area contributed by atoms with Crippen molar-refractivity contribution in [3.63, 3.8) is 0 Å². The van der Waals surface area contributed by atoms with Crippen molar-refractivity contribution < 1.29 is 24.2 Å². The lowest BCUT2D eigenvalue weighted by Crippen LogP contribution is -2.35. The third kappa shape index (κ3) is 4.71. The lowest BCUT2D eigenvalue weighted by atomic mass is 10.0. The molecule has 1 saturated heterocycles. The van der Waals surface area contributed by atoms with Gasteiger partial charge in [-0.25, -0.2) is 4.79 Å². The zero-order chi connectivity index (χ0) is 17.7. The maximum atomic E-state index is 12.7. The number of carbonyl (C=O) groups is 2. The number of rotatable bonds is 6. The Labute approximate surface area is 142 Å². The van der Waals surface area contributed by atoms with Crippen molar-refractivity contribution in [2.24, 2.45) is 5.92 Å². The van der Waals surface area contributed by atoms with E-state index in [4.69, 9.17) is 14.6 Å². The van der Waals surface area contributed by atoms with Gasteiger partial charge in [0.15, 0.2) is 6.61 Å². The average molecular weight is 335 g/mol. The lowest BCUT2D eigenvalue weighted by molar-refractivity contribution is -0.139. The minimum absolute atomic E-state index is 0.0449. The molecule has 1 N–H and O–H groups in total. The Hall–Kier alpha value is -2.08. The summed E-state index contributed by atoms with van der Waals surface area (Å²) in [5, 5.41) is 8.73. The number of carboxylic acid groups (broad SMARTS) is 1. The van der Waals surface area contributed by atoms with E-state index < -0.39 is 12.6 Å². The molecule has 0 aromatic heterocycles. The molecule has 1 amide bonds. The topological polar surface area (TPSA) is 76.1 Å². The molecule has 1 aromatic rings. The molecule has 24 heavy (non-hydrogen) atoms. The van der Waals surface area contributed by atoms with Crippen LogP contribution in [0.1, 0.15) is 34.3 Å². The lowest BCUT2D eigenvalue weighted by Gasteiger charge is -2.27. The van der Waals surface area contributed by atoms with E-state index in [2.05, 4.69) is 0 Å². The molecule has 1 atom stereocenters. The van der Waals surface area contributed by atoms with E-state index >= 15 is 0 Å². The molecule has 1 aromatic carbocycles. The number of benzene rings is 1. The molecule has 132 valence electrons. The zero-order valence-electron chi connectivity index (χ0n) is 14.5. The third-order valence-electron chi connectivity index (χ3n) is 4.18. The summed E-state index contributed by atoms with van der Waals surface area (Å²) in [4.78, 5) is 25.0. The van der Waals surface area contributed by atoms with E-state index in [0.29, 0.717) is 30.4 Å². The van der Waals surface area contributed by atoms with E-state index in [1.165, 1.54) is 0 Å². The Morgan fingerprint density at radius 3 is 2.54 bits per heavy atom. The molecule has 1 heterocycles. The molecule has 0 aliphatic carbocycles. The highest BCUT2D eigenvalue weighted by Crippen LogP contribution is 2.26. The second-order valence-corrected chi connectivity index (χ2v) is 6.39. The van der Waals surface area contributed by atoms with Crippen LogP contribution in [0.2, 0.25) is 0 Å². The van der Waals surface area contributed by atoms with Crippen LogP contribution in [-0.4, -0.2) is 55.3 Å². The normalized spacial score (nSPS) is 17.4. The summed E-state index contributed by atoms with van der Waals surface area (Å²) in [6, 6.07) is 3.50. The first kappa shape index (κ1) is 18.3. The largest absolute Gasteiger partial charge is 0.481 e. The second-order valence-electron chi connectivity index (χ2n) is 6.39. The summed E-state index contributed by atoms with van der Waals surface area (Å²) in [6.07, 6.45) is 2.12. The van der Waals surface area contributed by atoms with Crippen LogP contribution < -0.4 is 4.74 Å². The van der Waals surface area contributed by atoms with Gasteiger partial charge in [0.2, 0.25) is 0 Å². The van der Waals surface area contributed by atoms with Crippen LogP contribution in [0.15, 0.2) is 12.1 Å². The number of nitrogens with zero attached hydrogens (tertiary/aromatic N) is 1. The van der Waals surface area contributed by atoms with Crippen LogP contribution in [-0.2, 0) is 9.53 Å². The molecule has 0 bridgehead atoms. The fourth-order valence-corrected chi connectivity index (χ4v) is 3.08. The highest BCUT2D eigenvalue weighted by Gasteiger charge is 2.21. The molecule has 1 fully saturated rings. The van der Waals surface area contributed by atoms with Gasteiger partial charge in [0.25, 0.3) is 5.91 Å². The van der Waals surface area contributed by atoms with Gasteiger partial charge in [-0.2, -0.15) is 0 Å². The van der Waals surface area contributed by atoms with Crippen molar-refractivity contribution in [2.45, 2.75) is 26.7 Å². The van der Waals surface area contributed by atoms with Gasteiger partial charge in [0.1, 0.15) is 5.75 Å². The molecular formula is C18H25NO5. The molecule has 6 heteroatoms. The molecule has 2 rings (SSSR count). The van der Waals surface area contributed by atoms with E-state index in [1.807, 2.05) is 13.8 Å². The zero-order valence-corrected chi connectivity index (χ0v) is 14.5. The van der Waals surface area contributed by atoms with Crippen molar-refractivity contribution in [2.75, 3.05) is 33.4 Å². The van der Waals surface area contributed by atoms with Crippen LogP contribution in [0.5, 0.6) is 5.75 Å². The Balaban J connectivity index is 2.07. The van der Waals surface area contributed by atoms with Crippen molar-refractivity contribution in [3.05, 3.63) is 28.8 Å². The fraction of sp³-hybridized carbons (Fsp3) is 0.556. The number of aryl methyl sites for hydroxylation is 2. The highest BCUT2D eigenvalue weighted by molar-refractivity contribution is 5.94. The van der Waals surface area contributed by atoms with E-state index in [0.717, 1.165) is 30.6 Å². The number of aliphatic carboxylic acids is 1. The van der Waals surface area contributed by atoms with Crippen LogP contribution in [0.25, 0.3) is 0 Å². The number of hydrogen-bond donors (Lipinski definition) is 1. The minimum Gasteiger partial charge on any atom is -0.481 e. The van der Waals surface area contributed by atoms with Gasteiger partial charge in [-0.1, -0.05) is 0 Å². The first-order valence-electron chi connectivity index (χ1n) is 8.17. The standard InChI is InChI=1S/C18H25NO5/c1-12-7-15(8-13(2)17(12)24-11-16(20)21)18(22)19(3)9-14-5-4-6-23-10-14/h7-8,14H,4-6,9-11H2,1-3H3,(H,20,21)/t14-/m1/s1. The smallest absolute Gasteiger partial charge is 0.341 e. The van der Waals surface area contributed by atoms with E-state index in [1.54, 1.807) is 24.1 Å². The first-order valence-corrected chi connectivity index (χ1v) is 8.17. The summed E-state index contributed by atoms with van der Waals surface area (Å²) >= 11 is 0. The summed E-state index contributed by atoms with van der Waals surface area (Å²) in [5.74, 6) is -0.162. The van der Waals surface area contributed by atoms with Crippen molar-refractivity contribution >= 4 is 11.9 Å². The Kier molecular flexibility index (Phi) is 6.20. The van der Waals surface area contributed by atoms with Crippen LogP contribution in [0.3, 0.4) is 0 Å². The molecular weight excluding hydrogens is 310 g/mol. The predicted molar refractivity (Wildman–Crippen MR) is 89.6 cm³/mol. The molecule has 1 aliphatic heterocycles. The number of ether oxygens (including phenoxy) is 2. The number of carboxylic acids is 1. The number of amides is 1. The SMILES string of the molecule is Cc1cc(C(=O)N(C)C[C@H]2CCCOC2)cc(C)c1OCC(=O)O. The minimum atomic E-state index is -1.02. The monoisotopic (exact) mass is 335 g/mol. The summed E-state index contributed by atoms with van der Waals surface area (Å²) < 4.78 is 10.8. The van der Waals surface area contributed by atoms with Crippen molar-refractivity contribution in [3.8, 4) is 5.75 Å². The molecule has 0 unspecified atom stereocenters. The van der Waals surface area contributed by atoms with Gasteiger partial charge in [-0.05, 0) is 55.9 Å². The number of hydrogen-bond acceptors (Lipinski definition) is 4. The molecule has 1 aliphatic rings. The van der Waals surface area contributed by atoms with Crippen LogP contribution in [0.4, 0.5) is 0 Å². The quantitative estimate of drug-likeness (QED) is 0.863. The van der Waals surface area contributed by atoms with Gasteiger partial charge in [-0.15, -0.1) is 0 Å². The van der Waals surface area contributed by atoms with E-state index in [9.17, 15) is 9.59 Å². The summed E-state index contributed by atoms with van der Waals surface area (Å²) in [5.41, 5.74) is 2.11. The summed E-state index contributed by atoms with van der Waals surface area (Å²) in [7, 11) is 1.80. The van der Waals surface area contributed by atoms with Gasteiger partial charge in [0, 0.05) is 25.8 Å². The first-order chi connectivity index (χ1) is 11.4. The van der Waals surface area contributed by atoms with Gasteiger partial charge >= 0.3 is 5.97 Å². The van der Waals surface area contributed by atoms with E-state index in [-0.39, 0.29) is 5.91 Å². The van der Waals surface area contributed by atoms with Gasteiger partial charge in [0.05, 0.1) is 6.61 Å². The Morgan fingerprint density at radius 2 is 2.00 bits per heavy atom. The molecule has 0 saturated carbocycles. The third-order valence-corrected chi connectivity index (χ3v) is 4.18. The fourth-order valence-electron chi connectivity index (χ4n) is 3.08. The second kappa shape index (κ2) is 8.15. The van der Waals surface area contributed by atoms with Crippen LogP contribution in [0, 0.1) is 19.8 Å². The predicted octanol–water partition coefficient (Wildman–Crippen LogP) is 2.27. The van der Waals surface area contributed by atoms with Crippen LogP contribution >= 0.6 is 0 Å². The highest BCUT2D eigenvalue weighted by atomic mass is 16.5. The van der Waals surface area contributed by atoms with Gasteiger partial charge in [-0.3, -0.25) is 4.79 Å². The maximum Gasteiger partial charge on any atom is 0.341 e. The summed E-state index contributed by atoms with van der Waals surface area (Å²) in [6.45, 7) is 5.43. The molecule has 0 radical (unpaired) electrons. The number of carbonyl (C=O) groups excluding carboxylic acids is 1. The van der Waals surface area contributed by atoms with Crippen molar-refractivity contribution in [1.82, 2.24) is 4.90 Å².